The van der Waals surface area contributed by atoms with Gasteiger partial charge in [-0.3, -0.25) is 0 Å². The van der Waals surface area contributed by atoms with E-state index in [-0.39, 0.29) is 17.9 Å². The summed E-state index contributed by atoms with van der Waals surface area (Å²) < 4.78 is 40.2. The smallest absolute Gasteiger partial charge is 0.318 e. The van der Waals surface area contributed by atoms with Crippen molar-refractivity contribution in [2.75, 3.05) is 18.0 Å². The first-order chi connectivity index (χ1) is 16.4. The number of anilines is 1. The average molecular weight is 491 g/mol. The first kappa shape index (κ1) is 26.4. The molecule has 0 amide bonds. The molecule has 0 radical (unpaired) electrons. The fourth-order valence-corrected chi connectivity index (χ4v) is 4.03. The molecule has 0 spiro atoms. The molecule has 1 saturated heterocycles. The molecule has 0 aliphatic carbocycles. The maximum atomic E-state index is 13.7. The predicted octanol–water partition coefficient (Wildman–Crippen LogP) is 4.31. The quantitative estimate of drug-likeness (QED) is 0.500. The zero-order valence-corrected chi connectivity index (χ0v) is 21.4. The predicted molar refractivity (Wildman–Crippen MR) is 131 cm³/mol. The van der Waals surface area contributed by atoms with E-state index in [9.17, 15) is 8.78 Å². The third kappa shape index (κ3) is 6.29. The maximum absolute atomic E-state index is 13.7. The van der Waals surface area contributed by atoms with E-state index in [2.05, 4.69) is 33.6 Å². The zero-order valence-electron chi connectivity index (χ0n) is 21.4. The van der Waals surface area contributed by atoms with Crippen LogP contribution in [0.2, 0.25) is 0 Å². The Kier molecular flexibility index (Phi) is 8.02. The summed E-state index contributed by atoms with van der Waals surface area (Å²) in [5.41, 5.74) is 1.55. The molecular formula is C25H36F2N6O2. The highest BCUT2D eigenvalue weighted by molar-refractivity contribution is 5.27. The van der Waals surface area contributed by atoms with Gasteiger partial charge >= 0.3 is 6.01 Å². The molecule has 10 heteroatoms. The van der Waals surface area contributed by atoms with E-state index in [1.165, 1.54) is 6.92 Å². The van der Waals surface area contributed by atoms with Crippen LogP contribution < -0.4 is 20.4 Å². The molecule has 2 aromatic rings. The van der Waals surface area contributed by atoms with Crippen LogP contribution in [0.15, 0.2) is 46.6 Å². The van der Waals surface area contributed by atoms with Gasteiger partial charge in [-0.25, -0.2) is 13.8 Å². The highest BCUT2D eigenvalue weighted by Crippen LogP contribution is 2.26. The highest BCUT2D eigenvalue weighted by atomic mass is 19.3. The van der Waals surface area contributed by atoms with Crippen molar-refractivity contribution >= 4 is 6.01 Å². The van der Waals surface area contributed by atoms with E-state index < -0.39 is 12.0 Å². The summed E-state index contributed by atoms with van der Waals surface area (Å²) in [5, 5.41) is 11.4. The van der Waals surface area contributed by atoms with Gasteiger partial charge < -0.3 is 23.9 Å². The number of aryl methyl sites for hydroxylation is 1. The third-order valence-electron chi connectivity index (χ3n) is 6.29. The summed E-state index contributed by atoms with van der Waals surface area (Å²) >= 11 is 0. The van der Waals surface area contributed by atoms with E-state index >= 15 is 0 Å². The van der Waals surface area contributed by atoms with Crippen LogP contribution in [0.5, 0.6) is 5.88 Å². The number of hydrogen-bond acceptors (Lipinski definition) is 7. The maximum Gasteiger partial charge on any atom is 0.318 e. The van der Waals surface area contributed by atoms with E-state index in [0.29, 0.717) is 29.1 Å². The Bertz CT molecular complexity index is 1120. The summed E-state index contributed by atoms with van der Waals surface area (Å²) in [6.45, 7) is 17.7. The second kappa shape index (κ2) is 10.6. The van der Waals surface area contributed by atoms with Crippen molar-refractivity contribution in [1.29, 1.82) is 0 Å². The average Bonchev–Trinajstić information content (AvgIpc) is 3.43. The fourth-order valence-electron chi connectivity index (χ4n) is 4.03. The van der Waals surface area contributed by atoms with Crippen molar-refractivity contribution in [2.24, 2.45) is 18.0 Å². The molecule has 1 N–H and O–H groups in total. The van der Waals surface area contributed by atoms with Gasteiger partial charge in [0.2, 0.25) is 5.89 Å². The second-order valence-electron chi connectivity index (χ2n) is 9.44. The molecule has 8 nitrogen and oxygen atoms in total. The Hall–Kier alpha value is -3.17. The zero-order chi connectivity index (χ0) is 25.9. The van der Waals surface area contributed by atoms with Crippen LogP contribution in [-0.2, 0) is 7.05 Å². The Balaban J connectivity index is 1.81. The number of alkyl halides is 2. The van der Waals surface area contributed by atoms with Crippen molar-refractivity contribution in [3.8, 4) is 5.88 Å². The molecule has 1 aliphatic heterocycles. The lowest BCUT2D eigenvalue weighted by atomic mass is 9.99. The number of nitrogens with one attached hydrogen (secondary N) is 1. The molecule has 35 heavy (non-hydrogen) atoms. The molecule has 0 bridgehead atoms. The molecule has 3 atom stereocenters. The lowest BCUT2D eigenvalue weighted by Crippen LogP contribution is -2.37. The fraction of sp³-hybridized carbons (Fsp3) is 0.560. The van der Waals surface area contributed by atoms with Crippen LogP contribution in [-0.4, -0.2) is 45.9 Å². The lowest BCUT2D eigenvalue weighted by molar-refractivity contribution is -0.0744. The van der Waals surface area contributed by atoms with Crippen LogP contribution >= 0.6 is 0 Å². The van der Waals surface area contributed by atoms with Gasteiger partial charge in [0.05, 0.1) is 6.04 Å². The van der Waals surface area contributed by atoms with Gasteiger partial charge in [0.1, 0.15) is 11.3 Å². The number of halogens is 2. The number of ether oxygens (including phenoxy) is 1. The van der Waals surface area contributed by atoms with Crippen LogP contribution in [0.3, 0.4) is 0 Å². The molecule has 3 heterocycles. The summed E-state index contributed by atoms with van der Waals surface area (Å²) in [7, 11) is 1.75. The van der Waals surface area contributed by atoms with Gasteiger partial charge in [0.25, 0.3) is 5.92 Å². The minimum atomic E-state index is -2.97. The lowest BCUT2D eigenvalue weighted by Gasteiger charge is -2.24. The topological polar surface area (TPSA) is 80.7 Å². The number of aromatic nitrogens is 3. The van der Waals surface area contributed by atoms with Crippen molar-refractivity contribution in [3.63, 3.8) is 0 Å². The molecule has 1 fully saturated rings. The standard InChI is InChI=1S/C25H36F2N6O2/c1-9-21(19-12-13-33(14-19)24-31-30-18(6)35-24)28-17(5)29-23-20(15(2)3)10-11-22(32(23)8)34-16(4)25(7,26)27/h9-11,15-16,19,21,28H,1,5,12-14H2,2-4,6-8H3/b29-23-/t16-,19?,21?/m0/s1. The monoisotopic (exact) mass is 490 g/mol. The highest BCUT2D eigenvalue weighted by Gasteiger charge is 2.33. The van der Waals surface area contributed by atoms with Crippen LogP contribution in [0.1, 0.15) is 51.5 Å². The Morgan fingerprint density at radius 1 is 1.34 bits per heavy atom. The Morgan fingerprint density at radius 3 is 2.63 bits per heavy atom. The van der Waals surface area contributed by atoms with Crippen molar-refractivity contribution in [3.05, 3.63) is 54.1 Å². The van der Waals surface area contributed by atoms with Crippen molar-refractivity contribution in [1.82, 2.24) is 20.1 Å². The number of rotatable bonds is 10. The van der Waals surface area contributed by atoms with E-state index in [1.807, 2.05) is 26.0 Å². The normalized spacial score (nSPS) is 18.6. The van der Waals surface area contributed by atoms with Gasteiger partial charge in [0.15, 0.2) is 12.0 Å². The van der Waals surface area contributed by atoms with Crippen LogP contribution in [0.4, 0.5) is 14.8 Å². The van der Waals surface area contributed by atoms with Gasteiger partial charge in [-0.05, 0) is 37.0 Å². The summed E-state index contributed by atoms with van der Waals surface area (Å²) in [5.74, 6) is -1.29. The van der Waals surface area contributed by atoms with E-state index in [0.717, 1.165) is 32.0 Å². The minimum Gasteiger partial charge on any atom is -0.469 e. The number of pyridine rings is 1. The minimum absolute atomic E-state index is 0.0775. The summed E-state index contributed by atoms with van der Waals surface area (Å²) in [4.78, 5) is 6.80. The van der Waals surface area contributed by atoms with Gasteiger partial charge in [0, 0.05) is 39.9 Å². The van der Waals surface area contributed by atoms with Crippen LogP contribution in [0, 0.1) is 12.8 Å². The molecule has 2 aromatic heterocycles. The molecule has 0 aromatic carbocycles. The second-order valence-corrected chi connectivity index (χ2v) is 9.44. The SMILES string of the molecule is C=CC(NC(=C)/N=c1/c(C(C)C)ccc(O[C@@H](C)C(C)(F)F)n1C)C1CCN(c2nnc(C)o2)C1. The van der Waals surface area contributed by atoms with Crippen LogP contribution in [0.25, 0.3) is 0 Å². The Labute approximate surface area is 205 Å². The molecule has 192 valence electrons. The molecule has 1 aliphatic rings. The first-order valence-electron chi connectivity index (χ1n) is 11.8. The number of nitrogens with zero attached hydrogens (tertiary/aromatic N) is 5. The largest absolute Gasteiger partial charge is 0.469 e. The van der Waals surface area contributed by atoms with Crippen molar-refractivity contribution in [2.45, 2.75) is 65.0 Å². The summed E-state index contributed by atoms with van der Waals surface area (Å²) in [6, 6.07) is 4.00. The van der Waals surface area contributed by atoms with Gasteiger partial charge in [-0.1, -0.05) is 31.6 Å². The van der Waals surface area contributed by atoms with E-state index in [4.69, 9.17) is 14.1 Å². The van der Waals surface area contributed by atoms with E-state index in [1.54, 1.807) is 24.6 Å². The first-order valence-corrected chi connectivity index (χ1v) is 11.8. The molecule has 2 unspecified atom stereocenters. The molecular weight excluding hydrogens is 454 g/mol. The Morgan fingerprint density at radius 2 is 2.06 bits per heavy atom. The van der Waals surface area contributed by atoms with Gasteiger partial charge in [-0.2, -0.15) is 0 Å². The third-order valence-corrected chi connectivity index (χ3v) is 6.29. The summed E-state index contributed by atoms with van der Waals surface area (Å²) in [6.07, 6.45) is 1.48. The molecule has 3 rings (SSSR count). The number of hydrogen-bond donors (Lipinski definition) is 1. The van der Waals surface area contributed by atoms with Crippen molar-refractivity contribution < 1.29 is 17.9 Å². The van der Waals surface area contributed by atoms with Gasteiger partial charge in [-0.15, -0.1) is 11.7 Å². The molecule has 0 saturated carbocycles.